The molecule has 1 aliphatic rings. The zero-order valence-electron chi connectivity index (χ0n) is 8.63. The van der Waals surface area contributed by atoms with Gasteiger partial charge in [-0.1, -0.05) is 12.1 Å². The molecule has 0 unspecified atom stereocenters. The Kier molecular flexibility index (Phi) is 3.10. The van der Waals surface area contributed by atoms with Gasteiger partial charge in [0, 0.05) is 5.88 Å². The van der Waals surface area contributed by atoms with Crippen molar-refractivity contribution < 1.29 is 9.31 Å². The molecule has 1 heterocycles. The second-order valence-corrected chi connectivity index (χ2v) is 4.52. The van der Waals surface area contributed by atoms with Crippen molar-refractivity contribution in [2.24, 2.45) is 0 Å². The van der Waals surface area contributed by atoms with E-state index >= 15 is 0 Å². The van der Waals surface area contributed by atoms with E-state index in [2.05, 4.69) is 0 Å². The zero-order chi connectivity index (χ0) is 10.1. The number of allylic oxidation sites excluding steroid dienone is 1. The van der Waals surface area contributed by atoms with Crippen LogP contribution in [0, 0.1) is 0 Å². The van der Waals surface area contributed by atoms with Crippen LogP contribution < -0.4 is 0 Å². The van der Waals surface area contributed by atoms with E-state index in [1.165, 1.54) is 0 Å². The summed E-state index contributed by atoms with van der Waals surface area (Å²) in [6, 6.07) is 0. The molecule has 0 atom stereocenters. The predicted octanol–water partition coefficient (Wildman–Crippen LogP) is 2.41. The van der Waals surface area contributed by atoms with Crippen LogP contribution in [0.15, 0.2) is 12.1 Å². The van der Waals surface area contributed by atoms with Crippen LogP contribution in [0.3, 0.4) is 0 Å². The van der Waals surface area contributed by atoms with Crippen molar-refractivity contribution in [1.82, 2.24) is 0 Å². The van der Waals surface area contributed by atoms with E-state index in [9.17, 15) is 0 Å². The first-order valence-corrected chi connectivity index (χ1v) is 5.01. The molecule has 0 saturated carbocycles. The van der Waals surface area contributed by atoms with Crippen LogP contribution in [0.5, 0.6) is 0 Å². The molecular formula is C9H16BClO2. The van der Waals surface area contributed by atoms with E-state index in [1.807, 2.05) is 39.7 Å². The van der Waals surface area contributed by atoms with E-state index in [-0.39, 0.29) is 18.3 Å². The highest BCUT2D eigenvalue weighted by Gasteiger charge is 2.49. The van der Waals surface area contributed by atoms with Crippen LogP contribution in [0.1, 0.15) is 27.7 Å². The lowest BCUT2D eigenvalue weighted by Crippen LogP contribution is -2.41. The van der Waals surface area contributed by atoms with Gasteiger partial charge in [0.1, 0.15) is 0 Å². The fraction of sp³-hybridized carbons (Fsp3) is 0.778. The molecule has 1 aliphatic heterocycles. The number of rotatable bonds is 2. The average Bonchev–Trinajstić information content (AvgIpc) is 2.17. The van der Waals surface area contributed by atoms with Crippen LogP contribution >= 0.6 is 11.6 Å². The van der Waals surface area contributed by atoms with Gasteiger partial charge < -0.3 is 9.31 Å². The zero-order valence-corrected chi connectivity index (χ0v) is 9.39. The first kappa shape index (κ1) is 11.1. The van der Waals surface area contributed by atoms with Crippen molar-refractivity contribution in [1.29, 1.82) is 0 Å². The van der Waals surface area contributed by atoms with Gasteiger partial charge in [-0.25, -0.2) is 0 Å². The lowest BCUT2D eigenvalue weighted by molar-refractivity contribution is 0.00578. The minimum absolute atomic E-state index is 0.256. The molecular weight excluding hydrogens is 186 g/mol. The Morgan fingerprint density at radius 3 is 2.00 bits per heavy atom. The molecule has 4 heteroatoms. The Balaban J connectivity index is 2.65. The predicted molar refractivity (Wildman–Crippen MR) is 55.9 cm³/mol. The summed E-state index contributed by atoms with van der Waals surface area (Å²) in [5.41, 5.74) is -0.511. The Bertz CT molecular complexity index is 198. The maximum absolute atomic E-state index is 5.70. The Morgan fingerprint density at radius 1 is 1.15 bits per heavy atom. The van der Waals surface area contributed by atoms with Gasteiger partial charge in [0.15, 0.2) is 0 Å². The van der Waals surface area contributed by atoms with Crippen LogP contribution in [0.25, 0.3) is 0 Å². The molecule has 0 radical (unpaired) electrons. The van der Waals surface area contributed by atoms with Gasteiger partial charge >= 0.3 is 7.12 Å². The first-order chi connectivity index (χ1) is 5.89. The fourth-order valence-electron chi connectivity index (χ4n) is 1.13. The largest absolute Gasteiger partial charge is 0.486 e. The molecule has 0 bridgehead atoms. The van der Waals surface area contributed by atoms with Gasteiger partial charge in [0.2, 0.25) is 0 Å². The summed E-state index contributed by atoms with van der Waals surface area (Å²) in [6.45, 7) is 8.12. The number of alkyl halides is 1. The minimum atomic E-state index is -0.260. The summed E-state index contributed by atoms with van der Waals surface area (Å²) in [5.74, 6) is 2.34. The van der Waals surface area contributed by atoms with Crippen molar-refractivity contribution in [2.75, 3.05) is 5.88 Å². The van der Waals surface area contributed by atoms with Crippen LogP contribution in [0.2, 0.25) is 0 Å². The van der Waals surface area contributed by atoms with Gasteiger partial charge in [-0.05, 0) is 27.7 Å². The molecule has 0 aromatic rings. The van der Waals surface area contributed by atoms with Crippen LogP contribution in [-0.2, 0) is 9.31 Å². The number of hydrogen-bond acceptors (Lipinski definition) is 2. The summed E-state index contributed by atoms with van der Waals surface area (Å²) in [7, 11) is -0.260. The van der Waals surface area contributed by atoms with Crippen LogP contribution in [-0.4, -0.2) is 24.2 Å². The molecule has 0 aliphatic carbocycles. The van der Waals surface area contributed by atoms with Crippen molar-refractivity contribution in [3.05, 3.63) is 12.1 Å². The standard InChI is InChI=1S/C9H16BClO2/c1-8(2)9(3,4)13-10(12-8)6-5-7-11/h5-6H,7H2,1-4H3/b6-5-. The highest BCUT2D eigenvalue weighted by atomic mass is 35.5. The highest BCUT2D eigenvalue weighted by molar-refractivity contribution is 6.51. The monoisotopic (exact) mass is 202 g/mol. The Hall–Kier alpha value is 0.0149. The van der Waals surface area contributed by atoms with E-state index in [0.29, 0.717) is 5.88 Å². The quantitative estimate of drug-likeness (QED) is 0.506. The minimum Gasteiger partial charge on any atom is -0.400 e. The third kappa shape index (κ3) is 2.28. The smallest absolute Gasteiger partial charge is 0.400 e. The molecule has 74 valence electrons. The molecule has 0 N–H and O–H groups in total. The van der Waals surface area contributed by atoms with Gasteiger partial charge in [0.05, 0.1) is 11.2 Å². The van der Waals surface area contributed by atoms with Crippen molar-refractivity contribution in [3.63, 3.8) is 0 Å². The van der Waals surface area contributed by atoms with Gasteiger partial charge in [-0.15, -0.1) is 11.6 Å². The average molecular weight is 202 g/mol. The van der Waals surface area contributed by atoms with Crippen LogP contribution in [0.4, 0.5) is 0 Å². The molecule has 0 aromatic carbocycles. The van der Waals surface area contributed by atoms with Gasteiger partial charge in [-0.2, -0.15) is 0 Å². The SMILES string of the molecule is CC1(C)OB(/C=C\CCl)OC1(C)C. The molecule has 0 spiro atoms. The summed E-state index contributed by atoms with van der Waals surface area (Å²) in [4.78, 5) is 0. The maximum Gasteiger partial charge on any atom is 0.486 e. The molecule has 1 saturated heterocycles. The lowest BCUT2D eigenvalue weighted by atomic mass is 9.90. The normalized spacial score (nSPS) is 25.8. The third-order valence-corrected chi connectivity index (χ3v) is 2.83. The topological polar surface area (TPSA) is 18.5 Å². The first-order valence-electron chi connectivity index (χ1n) is 4.47. The molecule has 2 nitrogen and oxygen atoms in total. The van der Waals surface area contributed by atoms with Crippen molar-refractivity contribution in [3.8, 4) is 0 Å². The lowest BCUT2D eigenvalue weighted by Gasteiger charge is -2.32. The summed E-state index contributed by atoms with van der Waals surface area (Å²) < 4.78 is 11.4. The molecule has 13 heavy (non-hydrogen) atoms. The Labute approximate surface area is 85.4 Å². The van der Waals surface area contributed by atoms with E-state index in [1.54, 1.807) is 0 Å². The van der Waals surface area contributed by atoms with E-state index in [0.717, 1.165) is 0 Å². The van der Waals surface area contributed by atoms with Gasteiger partial charge in [0.25, 0.3) is 0 Å². The number of halogens is 1. The van der Waals surface area contributed by atoms with E-state index in [4.69, 9.17) is 20.9 Å². The summed E-state index contributed by atoms with van der Waals surface area (Å²) >= 11 is 5.52. The summed E-state index contributed by atoms with van der Waals surface area (Å²) in [5, 5.41) is 0. The van der Waals surface area contributed by atoms with Crippen molar-refractivity contribution >= 4 is 18.7 Å². The molecule has 0 amide bonds. The number of hydrogen-bond donors (Lipinski definition) is 0. The third-order valence-electron chi connectivity index (χ3n) is 2.65. The molecule has 1 fully saturated rings. The fourth-order valence-corrected chi connectivity index (χ4v) is 1.23. The highest BCUT2D eigenvalue weighted by Crippen LogP contribution is 2.36. The Morgan fingerprint density at radius 2 is 1.62 bits per heavy atom. The maximum atomic E-state index is 5.70. The second kappa shape index (κ2) is 3.64. The summed E-state index contributed by atoms with van der Waals surface area (Å²) in [6.07, 6.45) is 1.84. The molecule has 1 rings (SSSR count). The second-order valence-electron chi connectivity index (χ2n) is 4.21. The van der Waals surface area contributed by atoms with Gasteiger partial charge in [-0.3, -0.25) is 0 Å². The van der Waals surface area contributed by atoms with E-state index < -0.39 is 0 Å². The van der Waals surface area contributed by atoms with Crippen molar-refractivity contribution in [2.45, 2.75) is 38.9 Å². The molecule has 0 aromatic heterocycles.